The number of rotatable bonds is 7. The van der Waals surface area contributed by atoms with E-state index in [4.69, 9.17) is 0 Å². The Bertz CT molecular complexity index is 1450. The lowest BCUT2D eigenvalue weighted by Gasteiger charge is -2.08. The highest BCUT2D eigenvalue weighted by Gasteiger charge is 2.22. The van der Waals surface area contributed by atoms with E-state index in [-0.39, 0.29) is 28.9 Å². The van der Waals surface area contributed by atoms with Crippen LogP contribution in [0.1, 0.15) is 28.4 Å². The molecule has 0 bridgehead atoms. The molecule has 4 aromatic rings. The quantitative estimate of drug-likeness (QED) is 0.403. The molecule has 6 nitrogen and oxygen atoms in total. The van der Waals surface area contributed by atoms with E-state index < -0.39 is 9.84 Å². The normalized spacial score (nSPS) is 11.5. The Morgan fingerprint density at radius 3 is 2.36 bits per heavy atom. The molecule has 0 saturated heterocycles. The zero-order valence-electron chi connectivity index (χ0n) is 18.4. The van der Waals surface area contributed by atoms with Crippen LogP contribution in [0.15, 0.2) is 83.9 Å². The Balaban J connectivity index is 1.60. The van der Waals surface area contributed by atoms with Gasteiger partial charge in [-0.05, 0) is 49.7 Å². The maximum absolute atomic E-state index is 13.3. The third kappa shape index (κ3) is 5.04. The minimum atomic E-state index is -3.63. The van der Waals surface area contributed by atoms with Gasteiger partial charge in [-0.1, -0.05) is 48.0 Å². The van der Waals surface area contributed by atoms with Crippen molar-refractivity contribution in [2.24, 2.45) is 0 Å². The summed E-state index contributed by atoms with van der Waals surface area (Å²) in [5.74, 6) is -0.461. The van der Waals surface area contributed by atoms with Crippen LogP contribution in [-0.4, -0.2) is 24.7 Å². The number of aryl methyl sites for hydroxylation is 1. The number of sulfone groups is 1. The third-order valence-electron chi connectivity index (χ3n) is 5.42. The predicted molar refractivity (Wildman–Crippen MR) is 129 cm³/mol. The summed E-state index contributed by atoms with van der Waals surface area (Å²) in [6.45, 7) is 3.36. The maximum atomic E-state index is 13.3. The van der Waals surface area contributed by atoms with Crippen molar-refractivity contribution in [2.45, 2.75) is 31.0 Å². The molecule has 168 valence electrons. The summed E-state index contributed by atoms with van der Waals surface area (Å²) in [7, 11) is -3.63. The molecule has 0 saturated carbocycles. The number of benzene rings is 3. The zero-order valence-corrected chi connectivity index (χ0v) is 19.2. The Hall–Kier alpha value is -3.71. The number of hydrogen-bond donors (Lipinski definition) is 1. The zero-order chi connectivity index (χ0) is 23.6. The number of hydrogen-bond acceptors (Lipinski definition) is 4. The van der Waals surface area contributed by atoms with Crippen LogP contribution < -0.4 is 5.32 Å². The maximum Gasteiger partial charge on any atom is 0.244 e. The standard InChI is InChI=1S/C26H24N2O4S/c1-18-6-5-7-20(14-18)17-33(31,32)25-15-28(24-9-4-3-8-23(24)25)16-26(30)27-22-12-10-21(11-13-22)19(2)29/h3-15H,16-17H2,1-2H3,(H,27,30). The average molecular weight is 461 g/mol. The molecule has 4 rings (SSSR count). The number of nitrogens with zero attached hydrogens (tertiary/aromatic N) is 1. The van der Waals surface area contributed by atoms with E-state index in [2.05, 4.69) is 5.32 Å². The van der Waals surface area contributed by atoms with E-state index >= 15 is 0 Å². The average Bonchev–Trinajstić information content (AvgIpc) is 3.13. The van der Waals surface area contributed by atoms with E-state index in [9.17, 15) is 18.0 Å². The van der Waals surface area contributed by atoms with E-state index in [1.165, 1.54) is 13.1 Å². The Kier molecular flexibility index (Phi) is 6.16. The molecule has 0 unspecified atom stereocenters. The number of amides is 1. The van der Waals surface area contributed by atoms with Crippen LogP contribution in [0.4, 0.5) is 5.69 Å². The van der Waals surface area contributed by atoms with Crippen molar-refractivity contribution in [1.82, 2.24) is 4.57 Å². The number of aromatic nitrogens is 1. The van der Waals surface area contributed by atoms with E-state index in [0.717, 1.165) is 11.1 Å². The molecule has 33 heavy (non-hydrogen) atoms. The van der Waals surface area contributed by atoms with E-state index in [1.807, 2.05) is 31.2 Å². The summed E-state index contributed by atoms with van der Waals surface area (Å²) in [6, 6.07) is 21.2. The fraction of sp³-hybridized carbons (Fsp3) is 0.154. The molecule has 1 N–H and O–H groups in total. The number of carbonyl (C=O) groups is 2. The van der Waals surface area contributed by atoms with Crippen molar-refractivity contribution < 1.29 is 18.0 Å². The topological polar surface area (TPSA) is 85.2 Å². The molecule has 1 amide bonds. The van der Waals surface area contributed by atoms with Gasteiger partial charge in [0.15, 0.2) is 15.6 Å². The molecule has 0 radical (unpaired) electrons. The van der Waals surface area contributed by atoms with Crippen LogP contribution in [-0.2, 0) is 26.9 Å². The number of anilines is 1. The second-order valence-corrected chi connectivity index (χ2v) is 10.0. The molecule has 1 aromatic heterocycles. The van der Waals surface area contributed by atoms with Crippen molar-refractivity contribution in [3.63, 3.8) is 0 Å². The molecular formula is C26H24N2O4S. The van der Waals surface area contributed by atoms with Gasteiger partial charge in [-0.15, -0.1) is 0 Å². The van der Waals surface area contributed by atoms with E-state index in [1.54, 1.807) is 53.1 Å². The minimum Gasteiger partial charge on any atom is -0.337 e. The van der Waals surface area contributed by atoms with Crippen molar-refractivity contribution in [1.29, 1.82) is 0 Å². The van der Waals surface area contributed by atoms with Gasteiger partial charge in [0.2, 0.25) is 5.91 Å². The van der Waals surface area contributed by atoms with Crippen LogP contribution in [0.2, 0.25) is 0 Å². The molecule has 0 fully saturated rings. The Morgan fingerprint density at radius 2 is 1.67 bits per heavy atom. The van der Waals surface area contributed by atoms with Crippen molar-refractivity contribution in [3.8, 4) is 0 Å². The molecule has 3 aromatic carbocycles. The number of para-hydroxylation sites is 1. The summed E-state index contributed by atoms with van der Waals surface area (Å²) in [6.07, 6.45) is 1.54. The predicted octanol–water partition coefficient (Wildman–Crippen LogP) is 4.76. The van der Waals surface area contributed by atoms with Crippen LogP contribution in [0.5, 0.6) is 0 Å². The SMILES string of the molecule is CC(=O)c1ccc(NC(=O)Cn2cc(S(=O)(=O)Cc3cccc(C)c3)c3ccccc32)cc1. The molecule has 0 atom stereocenters. The second-order valence-electron chi connectivity index (χ2n) is 8.07. The summed E-state index contributed by atoms with van der Waals surface area (Å²) in [5.41, 5.74) is 3.51. The molecule has 1 heterocycles. The lowest BCUT2D eigenvalue weighted by molar-refractivity contribution is -0.116. The van der Waals surface area contributed by atoms with Gasteiger partial charge in [0.05, 0.1) is 10.6 Å². The lowest BCUT2D eigenvalue weighted by atomic mass is 10.1. The highest BCUT2D eigenvalue weighted by atomic mass is 32.2. The van der Waals surface area contributed by atoms with Crippen molar-refractivity contribution in [3.05, 3.63) is 95.7 Å². The Labute approximate surface area is 192 Å². The molecule has 0 spiro atoms. The van der Waals surface area contributed by atoms with Gasteiger partial charge in [-0.2, -0.15) is 0 Å². The van der Waals surface area contributed by atoms with Gasteiger partial charge in [0, 0.05) is 28.4 Å². The van der Waals surface area contributed by atoms with Crippen LogP contribution in [0.3, 0.4) is 0 Å². The highest BCUT2D eigenvalue weighted by molar-refractivity contribution is 7.90. The molecule has 0 aliphatic heterocycles. The number of fused-ring (bicyclic) bond motifs is 1. The summed E-state index contributed by atoms with van der Waals surface area (Å²) in [4.78, 5) is 24.3. The first-order valence-electron chi connectivity index (χ1n) is 10.5. The van der Waals surface area contributed by atoms with E-state index in [0.29, 0.717) is 22.2 Å². The smallest absolute Gasteiger partial charge is 0.244 e. The first kappa shape index (κ1) is 22.5. The molecule has 0 aliphatic carbocycles. The number of nitrogens with one attached hydrogen (secondary N) is 1. The fourth-order valence-corrected chi connectivity index (χ4v) is 5.40. The third-order valence-corrected chi connectivity index (χ3v) is 7.12. The Morgan fingerprint density at radius 1 is 0.939 bits per heavy atom. The van der Waals surface area contributed by atoms with Gasteiger partial charge in [0.1, 0.15) is 6.54 Å². The summed E-state index contributed by atoms with van der Waals surface area (Å²) >= 11 is 0. The second kappa shape index (κ2) is 9.03. The number of carbonyl (C=O) groups excluding carboxylic acids is 2. The number of ketones is 1. The monoisotopic (exact) mass is 460 g/mol. The van der Waals surface area contributed by atoms with Crippen LogP contribution >= 0.6 is 0 Å². The largest absolute Gasteiger partial charge is 0.337 e. The fourth-order valence-electron chi connectivity index (χ4n) is 3.83. The van der Waals surface area contributed by atoms with Crippen LogP contribution in [0, 0.1) is 6.92 Å². The van der Waals surface area contributed by atoms with Crippen molar-refractivity contribution in [2.75, 3.05) is 5.32 Å². The van der Waals surface area contributed by atoms with Gasteiger partial charge >= 0.3 is 0 Å². The minimum absolute atomic E-state index is 0.0467. The summed E-state index contributed by atoms with van der Waals surface area (Å²) < 4.78 is 28.2. The number of Topliss-reactive ketones (excluding diaryl/α,β-unsaturated/α-hetero) is 1. The first-order valence-corrected chi connectivity index (χ1v) is 12.2. The van der Waals surface area contributed by atoms with Gasteiger partial charge in [-0.25, -0.2) is 8.42 Å². The van der Waals surface area contributed by atoms with Gasteiger partial charge < -0.3 is 9.88 Å². The molecular weight excluding hydrogens is 436 g/mol. The first-order chi connectivity index (χ1) is 15.7. The van der Waals surface area contributed by atoms with Gasteiger partial charge in [0.25, 0.3) is 0 Å². The van der Waals surface area contributed by atoms with Crippen LogP contribution in [0.25, 0.3) is 10.9 Å². The lowest BCUT2D eigenvalue weighted by Crippen LogP contribution is -2.18. The molecule has 0 aliphatic rings. The van der Waals surface area contributed by atoms with Gasteiger partial charge in [-0.3, -0.25) is 9.59 Å². The highest BCUT2D eigenvalue weighted by Crippen LogP contribution is 2.28. The molecule has 7 heteroatoms. The van der Waals surface area contributed by atoms with Crippen molar-refractivity contribution >= 4 is 38.1 Å². The summed E-state index contributed by atoms with van der Waals surface area (Å²) in [5, 5.41) is 3.38.